The van der Waals surface area contributed by atoms with Crippen LogP contribution in [0.2, 0.25) is 5.02 Å². The van der Waals surface area contributed by atoms with Gasteiger partial charge in [0.2, 0.25) is 0 Å². The molecule has 25 heavy (non-hydrogen) atoms. The number of fused-ring (bicyclic) bond motifs is 1. The summed E-state index contributed by atoms with van der Waals surface area (Å²) in [5.41, 5.74) is 2.68. The van der Waals surface area contributed by atoms with Gasteiger partial charge in [-0.2, -0.15) is 0 Å². The van der Waals surface area contributed by atoms with E-state index >= 15 is 0 Å². The average Bonchev–Trinajstić information content (AvgIpc) is 2.96. The van der Waals surface area contributed by atoms with E-state index in [9.17, 15) is 4.79 Å². The lowest BCUT2D eigenvalue weighted by Crippen LogP contribution is -2.39. The van der Waals surface area contributed by atoms with Crippen LogP contribution in [-0.4, -0.2) is 18.2 Å². The highest BCUT2D eigenvalue weighted by Crippen LogP contribution is 2.31. The van der Waals surface area contributed by atoms with Crippen molar-refractivity contribution in [2.24, 2.45) is 0 Å². The zero-order valence-electron chi connectivity index (χ0n) is 14.8. The Morgan fingerprint density at radius 3 is 2.84 bits per heavy atom. The third-order valence-electron chi connectivity index (χ3n) is 3.90. The number of anilines is 2. The van der Waals surface area contributed by atoms with Crippen LogP contribution >= 0.6 is 22.9 Å². The van der Waals surface area contributed by atoms with E-state index in [4.69, 9.17) is 16.3 Å². The van der Waals surface area contributed by atoms with Crippen LogP contribution in [0.3, 0.4) is 0 Å². The summed E-state index contributed by atoms with van der Waals surface area (Å²) in [6.07, 6.45) is 1.63. The fourth-order valence-corrected chi connectivity index (χ4v) is 3.86. The monoisotopic (exact) mass is 378 g/mol. The fraction of sp³-hybridized carbons (Fsp3) is 0.421. The highest BCUT2D eigenvalue weighted by atomic mass is 35.5. The van der Waals surface area contributed by atoms with Crippen LogP contribution in [-0.2, 0) is 17.7 Å². The van der Waals surface area contributed by atoms with Gasteiger partial charge < -0.3 is 10.1 Å². The molecule has 0 spiro atoms. The van der Waals surface area contributed by atoms with Crippen molar-refractivity contribution in [3.05, 3.63) is 45.1 Å². The summed E-state index contributed by atoms with van der Waals surface area (Å²) in [5.74, 6) is 0. The van der Waals surface area contributed by atoms with Gasteiger partial charge in [0.15, 0.2) is 0 Å². The number of benzene rings is 1. The molecule has 0 radical (unpaired) electrons. The second-order valence-electron chi connectivity index (χ2n) is 7.16. The molecule has 1 aromatic heterocycles. The maximum Gasteiger partial charge on any atom is 0.414 e. The lowest BCUT2D eigenvalue weighted by Gasteiger charge is -2.32. The predicted molar refractivity (Wildman–Crippen MR) is 105 cm³/mol. The first kappa shape index (κ1) is 18.1. The Kier molecular flexibility index (Phi) is 5.25. The molecule has 0 saturated carbocycles. The molecule has 0 fully saturated rings. The second-order valence-corrected chi connectivity index (χ2v) is 8.60. The van der Waals surface area contributed by atoms with Crippen LogP contribution in [0.15, 0.2) is 29.6 Å². The number of aryl methyl sites for hydroxylation is 1. The average molecular weight is 379 g/mol. The number of halogens is 1. The minimum atomic E-state index is -0.488. The smallest absolute Gasteiger partial charge is 0.414 e. The molecule has 2 aromatic rings. The zero-order valence-corrected chi connectivity index (χ0v) is 16.3. The molecule has 0 aliphatic carbocycles. The highest BCUT2D eigenvalue weighted by Gasteiger charge is 2.27. The fourth-order valence-electron chi connectivity index (χ4n) is 2.85. The summed E-state index contributed by atoms with van der Waals surface area (Å²) < 4.78 is 5.53. The van der Waals surface area contributed by atoms with Crippen molar-refractivity contribution in [2.45, 2.75) is 45.8 Å². The van der Waals surface area contributed by atoms with Crippen LogP contribution in [0.25, 0.3) is 0 Å². The number of ether oxygens (including phenoxy) is 1. The van der Waals surface area contributed by atoms with Crippen molar-refractivity contribution in [3.8, 4) is 0 Å². The zero-order chi connectivity index (χ0) is 18.0. The summed E-state index contributed by atoms with van der Waals surface area (Å²) in [5, 5.41) is 6.14. The van der Waals surface area contributed by atoms with E-state index in [1.54, 1.807) is 16.2 Å². The number of hydrogen-bond acceptors (Lipinski definition) is 4. The molecule has 1 aromatic carbocycles. The van der Waals surface area contributed by atoms with Gasteiger partial charge in [-0.15, -0.1) is 11.3 Å². The highest BCUT2D eigenvalue weighted by molar-refractivity contribution is 7.10. The second kappa shape index (κ2) is 7.26. The van der Waals surface area contributed by atoms with E-state index < -0.39 is 5.60 Å². The molecule has 134 valence electrons. The largest absolute Gasteiger partial charge is 0.443 e. The van der Waals surface area contributed by atoms with Crippen LogP contribution in [0.5, 0.6) is 0 Å². The van der Waals surface area contributed by atoms with Gasteiger partial charge in [0.05, 0.1) is 10.7 Å². The van der Waals surface area contributed by atoms with E-state index in [1.165, 1.54) is 10.4 Å². The van der Waals surface area contributed by atoms with Crippen molar-refractivity contribution in [1.82, 2.24) is 0 Å². The number of nitrogens with one attached hydrogen (secondary N) is 1. The Balaban J connectivity index is 1.72. The lowest BCUT2D eigenvalue weighted by molar-refractivity contribution is 0.0578. The van der Waals surface area contributed by atoms with Gasteiger partial charge in [-0.1, -0.05) is 11.6 Å². The first-order valence-corrected chi connectivity index (χ1v) is 9.68. The standard InChI is InChI=1S/C19H23ClN2O2S/c1-19(2,3)24-18(23)22-8-4-5-13-9-15(6-7-17(13)22)21-11-16-10-14(20)12-25-16/h6-7,9-10,12,21H,4-5,8,11H2,1-3H3. The Hall–Kier alpha value is -1.72. The Bertz CT molecular complexity index is 767. The third kappa shape index (κ3) is 4.67. The summed E-state index contributed by atoms with van der Waals surface area (Å²) in [7, 11) is 0. The van der Waals surface area contributed by atoms with E-state index in [0.29, 0.717) is 6.54 Å². The molecule has 1 amide bonds. The van der Waals surface area contributed by atoms with Crippen molar-refractivity contribution in [3.63, 3.8) is 0 Å². The van der Waals surface area contributed by atoms with Crippen molar-refractivity contribution < 1.29 is 9.53 Å². The minimum absolute atomic E-state index is 0.276. The van der Waals surface area contributed by atoms with Gasteiger partial charge in [-0.05, 0) is 63.4 Å². The Morgan fingerprint density at radius 1 is 1.36 bits per heavy atom. The van der Waals surface area contributed by atoms with Crippen molar-refractivity contribution >= 4 is 40.4 Å². The normalized spacial score (nSPS) is 14.2. The van der Waals surface area contributed by atoms with Crippen LogP contribution in [0.4, 0.5) is 16.2 Å². The summed E-state index contributed by atoms with van der Waals surface area (Å²) in [6.45, 7) is 7.10. The molecule has 0 unspecified atom stereocenters. The number of carbonyl (C=O) groups is 1. The molecule has 0 saturated heterocycles. The van der Waals surface area contributed by atoms with Gasteiger partial charge in [-0.25, -0.2) is 4.79 Å². The summed E-state index contributed by atoms with van der Waals surface area (Å²) in [4.78, 5) is 15.4. The molecule has 0 atom stereocenters. The SMILES string of the molecule is CC(C)(C)OC(=O)N1CCCc2cc(NCc3cc(Cl)cs3)ccc21. The van der Waals surface area contributed by atoms with E-state index in [1.807, 2.05) is 44.4 Å². The molecule has 0 bridgehead atoms. The predicted octanol–water partition coefficient (Wildman–Crippen LogP) is 5.70. The molecule has 3 rings (SSSR count). The number of nitrogens with zero attached hydrogens (tertiary/aromatic N) is 1. The van der Waals surface area contributed by atoms with Gasteiger partial charge in [0, 0.05) is 29.0 Å². The molecule has 6 heteroatoms. The van der Waals surface area contributed by atoms with E-state index in [2.05, 4.69) is 11.4 Å². The first-order valence-electron chi connectivity index (χ1n) is 8.42. The topological polar surface area (TPSA) is 41.6 Å². The maximum absolute atomic E-state index is 12.5. The molecule has 1 aliphatic heterocycles. The van der Waals surface area contributed by atoms with Gasteiger partial charge in [-0.3, -0.25) is 4.90 Å². The van der Waals surface area contributed by atoms with Crippen molar-refractivity contribution in [2.75, 3.05) is 16.8 Å². The lowest BCUT2D eigenvalue weighted by atomic mass is 10.0. The number of hydrogen-bond donors (Lipinski definition) is 1. The molecule has 1 N–H and O–H groups in total. The van der Waals surface area contributed by atoms with Crippen LogP contribution in [0, 0.1) is 0 Å². The quantitative estimate of drug-likeness (QED) is 0.744. The van der Waals surface area contributed by atoms with Gasteiger partial charge in [0.1, 0.15) is 5.60 Å². The van der Waals surface area contributed by atoms with E-state index in [0.717, 1.165) is 35.8 Å². The molecule has 1 aliphatic rings. The molecular weight excluding hydrogens is 356 g/mol. The summed E-state index contributed by atoms with van der Waals surface area (Å²) >= 11 is 7.60. The molecule has 2 heterocycles. The first-order chi connectivity index (χ1) is 11.8. The van der Waals surface area contributed by atoms with Gasteiger partial charge >= 0.3 is 6.09 Å². The Labute approximate surface area is 157 Å². The minimum Gasteiger partial charge on any atom is -0.443 e. The van der Waals surface area contributed by atoms with Crippen LogP contribution in [0.1, 0.15) is 37.6 Å². The maximum atomic E-state index is 12.5. The molecule has 4 nitrogen and oxygen atoms in total. The number of thiophene rings is 1. The number of carbonyl (C=O) groups excluding carboxylic acids is 1. The van der Waals surface area contributed by atoms with Crippen molar-refractivity contribution in [1.29, 1.82) is 0 Å². The number of amides is 1. The van der Waals surface area contributed by atoms with Gasteiger partial charge in [0.25, 0.3) is 0 Å². The van der Waals surface area contributed by atoms with Crippen LogP contribution < -0.4 is 10.2 Å². The Morgan fingerprint density at radius 2 is 2.16 bits per heavy atom. The summed E-state index contributed by atoms with van der Waals surface area (Å²) in [6, 6.07) is 8.11. The van der Waals surface area contributed by atoms with E-state index in [-0.39, 0.29) is 6.09 Å². The third-order valence-corrected chi connectivity index (χ3v) is 5.18. The number of rotatable bonds is 3. The molecular formula is C19H23ClN2O2S.